The molecule has 0 heterocycles. The number of carbonyl (C=O) groups excluding carboxylic acids is 1. The summed E-state index contributed by atoms with van der Waals surface area (Å²) in [5.74, 6) is -1.77. The van der Waals surface area contributed by atoms with E-state index in [9.17, 15) is 17.6 Å². The Balaban J connectivity index is 1.99. The van der Waals surface area contributed by atoms with Gasteiger partial charge in [-0.2, -0.15) is 0 Å². The highest BCUT2D eigenvalue weighted by atomic mass is 35.5. The van der Waals surface area contributed by atoms with Gasteiger partial charge in [0.1, 0.15) is 19.0 Å². The second-order valence-electron chi connectivity index (χ2n) is 4.72. The number of primary sulfonamides is 1. The molecule has 0 aliphatic rings. The van der Waals surface area contributed by atoms with Gasteiger partial charge < -0.3 is 9.47 Å². The second kappa shape index (κ2) is 8.01. The Morgan fingerprint density at radius 3 is 2.36 bits per heavy atom. The van der Waals surface area contributed by atoms with Crippen LogP contribution in [0.2, 0.25) is 10.0 Å². The number of carbonyl (C=O) groups is 1. The maximum absolute atomic E-state index is 13.7. The fourth-order valence-corrected chi connectivity index (χ4v) is 2.86. The largest absolute Gasteiger partial charge is 0.487 e. The number of para-hydroxylation sites is 1. The molecular weight excluding hydrogens is 396 g/mol. The zero-order valence-electron chi connectivity index (χ0n) is 12.5. The molecule has 2 aromatic carbocycles. The highest BCUT2D eigenvalue weighted by molar-refractivity contribution is 7.89. The minimum absolute atomic E-state index is 0.0916. The predicted molar refractivity (Wildman–Crippen MR) is 90.0 cm³/mol. The lowest BCUT2D eigenvalue weighted by Crippen LogP contribution is -2.16. The van der Waals surface area contributed by atoms with Crippen molar-refractivity contribution in [1.82, 2.24) is 0 Å². The number of hydrogen-bond donors (Lipinski definition) is 1. The fourth-order valence-electron chi connectivity index (χ4n) is 1.81. The molecule has 0 atom stereocenters. The van der Waals surface area contributed by atoms with E-state index in [0.29, 0.717) is 0 Å². The number of esters is 1. The van der Waals surface area contributed by atoms with E-state index in [2.05, 4.69) is 0 Å². The molecule has 0 aromatic heterocycles. The van der Waals surface area contributed by atoms with Crippen LogP contribution in [-0.4, -0.2) is 27.6 Å². The maximum Gasteiger partial charge on any atom is 0.341 e. The van der Waals surface area contributed by atoms with Crippen molar-refractivity contribution >= 4 is 39.2 Å². The quantitative estimate of drug-likeness (QED) is 0.586. The van der Waals surface area contributed by atoms with Gasteiger partial charge in [-0.3, -0.25) is 0 Å². The summed E-state index contributed by atoms with van der Waals surface area (Å²) in [4.78, 5) is 11.5. The summed E-state index contributed by atoms with van der Waals surface area (Å²) in [6.45, 7) is -0.328. The third kappa shape index (κ3) is 5.05. The Bertz CT molecular complexity index is 885. The maximum atomic E-state index is 13.7. The van der Waals surface area contributed by atoms with Gasteiger partial charge in [0.2, 0.25) is 10.0 Å². The minimum atomic E-state index is -4.07. The van der Waals surface area contributed by atoms with Gasteiger partial charge >= 0.3 is 5.97 Å². The van der Waals surface area contributed by atoms with Crippen LogP contribution in [0.15, 0.2) is 41.3 Å². The lowest BCUT2D eigenvalue weighted by atomic mass is 10.2. The van der Waals surface area contributed by atoms with Gasteiger partial charge in [-0.05, 0) is 30.3 Å². The Kier molecular flexibility index (Phi) is 6.23. The van der Waals surface area contributed by atoms with Gasteiger partial charge in [-0.1, -0.05) is 29.3 Å². The van der Waals surface area contributed by atoms with Crippen molar-refractivity contribution in [3.8, 4) is 5.75 Å². The molecule has 0 spiro atoms. The summed E-state index contributed by atoms with van der Waals surface area (Å²) in [5.41, 5.74) is -0.553. The van der Waals surface area contributed by atoms with Crippen LogP contribution in [0.4, 0.5) is 4.39 Å². The molecule has 0 saturated heterocycles. The molecule has 0 amide bonds. The van der Waals surface area contributed by atoms with Crippen LogP contribution in [0.25, 0.3) is 0 Å². The van der Waals surface area contributed by atoms with Crippen molar-refractivity contribution in [2.45, 2.75) is 4.90 Å². The molecule has 0 aliphatic carbocycles. The van der Waals surface area contributed by atoms with E-state index in [0.717, 1.165) is 18.2 Å². The van der Waals surface area contributed by atoms with E-state index < -0.39 is 32.3 Å². The van der Waals surface area contributed by atoms with E-state index >= 15 is 0 Å². The first kappa shape index (κ1) is 19.5. The minimum Gasteiger partial charge on any atom is -0.487 e. The van der Waals surface area contributed by atoms with Crippen molar-refractivity contribution in [2.24, 2.45) is 5.14 Å². The summed E-state index contributed by atoms with van der Waals surface area (Å²) in [6, 6.07) is 7.35. The van der Waals surface area contributed by atoms with Gasteiger partial charge in [0.05, 0.1) is 20.5 Å². The summed E-state index contributed by atoms with van der Waals surface area (Å²) < 4.78 is 46.4. The zero-order valence-corrected chi connectivity index (χ0v) is 14.9. The Morgan fingerprint density at radius 2 is 1.76 bits per heavy atom. The van der Waals surface area contributed by atoms with E-state index in [4.69, 9.17) is 37.8 Å². The average Bonchev–Trinajstić information content (AvgIpc) is 2.52. The Hall–Kier alpha value is -1.87. The van der Waals surface area contributed by atoms with E-state index in [1.54, 1.807) is 18.2 Å². The molecule has 0 aliphatic heterocycles. The smallest absolute Gasteiger partial charge is 0.341 e. The van der Waals surface area contributed by atoms with Gasteiger partial charge in [0, 0.05) is 0 Å². The molecule has 0 unspecified atom stereocenters. The van der Waals surface area contributed by atoms with Crippen LogP contribution >= 0.6 is 23.2 Å². The van der Waals surface area contributed by atoms with E-state index in [1.807, 2.05) is 0 Å². The normalized spacial score (nSPS) is 11.2. The first-order valence-electron chi connectivity index (χ1n) is 6.76. The first-order chi connectivity index (χ1) is 11.7. The van der Waals surface area contributed by atoms with Crippen LogP contribution < -0.4 is 9.88 Å². The lowest BCUT2D eigenvalue weighted by molar-refractivity contribution is 0.0445. The summed E-state index contributed by atoms with van der Waals surface area (Å²) in [5, 5.41) is 5.51. The van der Waals surface area contributed by atoms with Gasteiger partial charge in [-0.15, -0.1) is 0 Å². The van der Waals surface area contributed by atoms with Crippen molar-refractivity contribution in [3.05, 3.63) is 57.8 Å². The number of nitrogens with two attached hydrogens (primary N) is 1. The van der Waals surface area contributed by atoms with Crippen LogP contribution in [0.5, 0.6) is 5.75 Å². The summed E-state index contributed by atoms with van der Waals surface area (Å²) in [6.07, 6.45) is 0. The number of rotatable bonds is 6. The van der Waals surface area contributed by atoms with Crippen molar-refractivity contribution < 1.29 is 27.1 Å². The van der Waals surface area contributed by atoms with Crippen LogP contribution in [-0.2, 0) is 14.8 Å². The third-order valence-corrected chi connectivity index (χ3v) is 4.47. The molecule has 0 bridgehead atoms. The molecule has 25 heavy (non-hydrogen) atoms. The van der Waals surface area contributed by atoms with Gasteiger partial charge in [0.25, 0.3) is 0 Å². The first-order valence-corrected chi connectivity index (χ1v) is 9.06. The topological polar surface area (TPSA) is 95.7 Å². The summed E-state index contributed by atoms with van der Waals surface area (Å²) in [7, 11) is -4.07. The summed E-state index contributed by atoms with van der Waals surface area (Å²) >= 11 is 11.8. The zero-order chi connectivity index (χ0) is 18.6. The SMILES string of the molecule is NS(=O)(=O)c1ccc(F)c(C(=O)OCCOc2c(Cl)cccc2Cl)c1. The van der Waals surface area contributed by atoms with Crippen LogP contribution in [0.1, 0.15) is 10.4 Å². The lowest BCUT2D eigenvalue weighted by Gasteiger charge is -2.10. The van der Waals surface area contributed by atoms with Crippen LogP contribution in [0, 0.1) is 5.82 Å². The van der Waals surface area contributed by atoms with E-state index in [-0.39, 0.29) is 29.0 Å². The van der Waals surface area contributed by atoms with Crippen LogP contribution in [0.3, 0.4) is 0 Å². The molecule has 134 valence electrons. The number of halogens is 3. The molecular formula is C15H12Cl2FNO5S. The van der Waals surface area contributed by atoms with Crippen molar-refractivity contribution in [1.29, 1.82) is 0 Å². The molecule has 2 aromatic rings. The van der Waals surface area contributed by atoms with E-state index in [1.165, 1.54) is 0 Å². The standard InChI is InChI=1S/C15H12Cl2FNO5S/c16-11-2-1-3-12(17)14(11)23-6-7-24-15(20)10-8-9(25(19,21)22)4-5-13(10)18/h1-5,8H,6-7H2,(H2,19,21,22). The molecule has 0 radical (unpaired) electrons. The molecule has 6 nitrogen and oxygen atoms in total. The Morgan fingerprint density at radius 1 is 1.12 bits per heavy atom. The highest BCUT2D eigenvalue weighted by Gasteiger charge is 2.18. The molecule has 10 heteroatoms. The third-order valence-electron chi connectivity index (χ3n) is 2.97. The molecule has 0 saturated carbocycles. The number of ether oxygens (including phenoxy) is 2. The molecule has 2 N–H and O–H groups in total. The fraction of sp³-hybridized carbons (Fsp3) is 0.133. The molecule has 2 rings (SSSR count). The van der Waals surface area contributed by atoms with Crippen molar-refractivity contribution in [3.63, 3.8) is 0 Å². The number of benzene rings is 2. The monoisotopic (exact) mass is 407 g/mol. The number of hydrogen-bond acceptors (Lipinski definition) is 5. The van der Waals surface area contributed by atoms with Gasteiger partial charge in [0.15, 0.2) is 5.75 Å². The molecule has 0 fully saturated rings. The van der Waals surface area contributed by atoms with Gasteiger partial charge in [-0.25, -0.2) is 22.7 Å². The number of sulfonamides is 1. The van der Waals surface area contributed by atoms with Crippen molar-refractivity contribution in [2.75, 3.05) is 13.2 Å². The average molecular weight is 408 g/mol. The second-order valence-corrected chi connectivity index (χ2v) is 7.10. The Labute approximate surface area is 153 Å². The predicted octanol–water partition coefficient (Wildman–Crippen LogP) is 3.02. The highest BCUT2D eigenvalue weighted by Crippen LogP contribution is 2.32.